The summed E-state index contributed by atoms with van der Waals surface area (Å²) in [5.74, 6) is -0.249. The highest BCUT2D eigenvalue weighted by Gasteiger charge is 2.36. The van der Waals surface area contributed by atoms with Gasteiger partial charge in [0, 0.05) is 22.5 Å². The maximum absolute atomic E-state index is 12.5. The Balaban J connectivity index is 2.06. The van der Waals surface area contributed by atoms with E-state index < -0.39 is 0 Å². The Morgan fingerprint density at radius 1 is 1.12 bits per heavy atom. The van der Waals surface area contributed by atoms with E-state index in [1.165, 1.54) is 4.90 Å². The second kappa shape index (κ2) is 7.14. The summed E-state index contributed by atoms with van der Waals surface area (Å²) >= 11 is 13.4. The number of carbonyl (C=O) groups excluding carboxylic acids is 2. The first-order valence-corrected chi connectivity index (χ1v) is 9.69. The van der Waals surface area contributed by atoms with Crippen LogP contribution in [0.3, 0.4) is 0 Å². The molecule has 1 saturated heterocycles. The molecular weight excluding hydrogens is 391 g/mol. The van der Waals surface area contributed by atoms with Crippen molar-refractivity contribution < 1.29 is 9.59 Å². The number of aromatic nitrogens is 1. The molecule has 0 spiro atoms. The summed E-state index contributed by atoms with van der Waals surface area (Å²) in [5, 5.41) is 0.947. The van der Waals surface area contributed by atoms with Crippen molar-refractivity contribution >= 4 is 52.2 Å². The summed E-state index contributed by atoms with van der Waals surface area (Å²) in [6.45, 7) is 7.56. The van der Waals surface area contributed by atoms with Gasteiger partial charge in [0.1, 0.15) is 0 Å². The Morgan fingerprint density at radius 2 is 1.81 bits per heavy atom. The molecule has 136 valence electrons. The van der Waals surface area contributed by atoms with Crippen molar-refractivity contribution in [3.63, 3.8) is 0 Å². The molecule has 2 heterocycles. The normalized spacial score (nSPS) is 16.4. The molecule has 0 N–H and O–H groups in total. The summed E-state index contributed by atoms with van der Waals surface area (Å²) in [6, 6.07) is 7.11. The van der Waals surface area contributed by atoms with Gasteiger partial charge < -0.3 is 4.57 Å². The second-order valence-electron chi connectivity index (χ2n) is 6.40. The standard InChI is InChI=1S/C19H18Cl2N2O2S/c1-10(2)22-18(24)17(26-19(22)25)8-13-7-11(3)23(12(13)4)16-9-14(20)5-6-15(16)21/h5-10H,1-4H3/b17-8+. The predicted octanol–water partition coefficient (Wildman–Crippen LogP) is 5.85. The fraction of sp³-hybridized carbons (Fsp3) is 0.263. The highest BCUT2D eigenvalue weighted by atomic mass is 35.5. The largest absolute Gasteiger partial charge is 0.316 e. The maximum atomic E-state index is 12.5. The van der Waals surface area contributed by atoms with Crippen LogP contribution < -0.4 is 0 Å². The smallest absolute Gasteiger partial charge is 0.293 e. The average Bonchev–Trinajstić information content (AvgIpc) is 2.98. The molecule has 1 aromatic carbocycles. The second-order valence-corrected chi connectivity index (χ2v) is 8.24. The lowest BCUT2D eigenvalue weighted by Gasteiger charge is -2.16. The number of imide groups is 1. The average molecular weight is 409 g/mol. The SMILES string of the molecule is Cc1cc(/C=C2/SC(=O)N(C(C)C)C2=O)c(C)n1-c1cc(Cl)ccc1Cl. The molecule has 0 unspecified atom stereocenters. The van der Waals surface area contributed by atoms with Crippen molar-refractivity contribution in [1.82, 2.24) is 9.47 Å². The molecule has 4 nitrogen and oxygen atoms in total. The molecule has 3 rings (SSSR count). The van der Waals surface area contributed by atoms with Crippen LogP contribution in [0, 0.1) is 13.8 Å². The quantitative estimate of drug-likeness (QED) is 0.598. The lowest BCUT2D eigenvalue weighted by molar-refractivity contribution is -0.123. The van der Waals surface area contributed by atoms with E-state index in [4.69, 9.17) is 23.2 Å². The number of aryl methyl sites for hydroxylation is 1. The van der Waals surface area contributed by atoms with Crippen molar-refractivity contribution in [2.45, 2.75) is 33.7 Å². The van der Waals surface area contributed by atoms with Gasteiger partial charge in [-0.25, -0.2) is 0 Å². The zero-order valence-corrected chi connectivity index (χ0v) is 17.2. The zero-order valence-electron chi connectivity index (χ0n) is 14.8. The van der Waals surface area contributed by atoms with Crippen molar-refractivity contribution in [3.8, 4) is 5.69 Å². The van der Waals surface area contributed by atoms with Crippen LogP contribution in [-0.4, -0.2) is 26.7 Å². The van der Waals surface area contributed by atoms with Crippen LogP contribution in [0.15, 0.2) is 29.2 Å². The first kappa shape index (κ1) is 19.1. The van der Waals surface area contributed by atoms with Crippen LogP contribution in [0.2, 0.25) is 10.0 Å². The van der Waals surface area contributed by atoms with Gasteiger partial charge in [-0.2, -0.15) is 0 Å². The van der Waals surface area contributed by atoms with Gasteiger partial charge in [0.2, 0.25) is 0 Å². The molecule has 1 aliphatic rings. The first-order valence-electron chi connectivity index (χ1n) is 8.12. The summed E-state index contributed by atoms with van der Waals surface area (Å²) in [6.07, 6.45) is 1.77. The molecule has 0 aliphatic carbocycles. The molecule has 0 radical (unpaired) electrons. The highest BCUT2D eigenvalue weighted by Crippen LogP contribution is 2.35. The molecule has 0 atom stereocenters. The third kappa shape index (κ3) is 3.31. The lowest BCUT2D eigenvalue weighted by atomic mass is 10.2. The molecule has 7 heteroatoms. The van der Waals surface area contributed by atoms with E-state index in [9.17, 15) is 9.59 Å². The minimum atomic E-state index is -0.249. The van der Waals surface area contributed by atoms with Crippen molar-refractivity contribution in [3.05, 3.63) is 56.2 Å². The van der Waals surface area contributed by atoms with E-state index >= 15 is 0 Å². The van der Waals surface area contributed by atoms with Crippen LogP contribution in [0.4, 0.5) is 4.79 Å². The van der Waals surface area contributed by atoms with E-state index in [2.05, 4.69) is 0 Å². The molecule has 1 aliphatic heterocycles. The topological polar surface area (TPSA) is 42.3 Å². The van der Waals surface area contributed by atoms with E-state index in [1.54, 1.807) is 24.3 Å². The number of thioether (sulfide) groups is 1. The summed E-state index contributed by atoms with van der Waals surface area (Å²) in [7, 11) is 0. The van der Waals surface area contributed by atoms with Gasteiger partial charge in [-0.15, -0.1) is 0 Å². The van der Waals surface area contributed by atoms with E-state index in [0.717, 1.165) is 34.4 Å². The number of carbonyl (C=O) groups is 2. The van der Waals surface area contributed by atoms with Gasteiger partial charge in [0.25, 0.3) is 11.1 Å². The van der Waals surface area contributed by atoms with Gasteiger partial charge in [-0.1, -0.05) is 23.2 Å². The predicted molar refractivity (Wildman–Crippen MR) is 108 cm³/mol. The highest BCUT2D eigenvalue weighted by molar-refractivity contribution is 8.18. The number of nitrogens with zero attached hydrogens (tertiary/aromatic N) is 2. The number of halogens is 2. The van der Waals surface area contributed by atoms with Crippen LogP contribution in [0.1, 0.15) is 30.8 Å². The van der Waals surface area contributed by atoms with E-state index in [1.807, 2.05) is 38.3 Å². The van der Waals surface area contributed by atoms with Crippen LogP contribution >= 0.6 is 35.0 Å². The van der Waals surface area contributed by atoms with E-state index in [-0.39, 0.29) is 17.2 Å². The van der Waals surface area contributed by atoms with Gasteiger partial charge in [0.05, 0.1) is 15.6 Å². The zero-order chi connectivity index (χ0) is 19.2. The number of hydrogen-bond acceptors (Lipinski definition) is 3. The Morgan fingerprint density at radius 3 is 2.42 bits per heavy atom. The fourth-order valence-corrected chi connectivity index (χ4v) is 4.35. The summed E-state index contributed by atoms with van der Waals surface area (Å²) in [5.41, 5.74) is 3.53. The first-order chi connectivity index (χ1) is 12.2. The minimum Gasteiger partial charge on any atom is -0.316 e. The summed E-state index contributed by atoms with van der Waals surface area (Å²) < 4.78 is 1.99. The number of rotatable bonds is 3. The molecule has 26 heavy (non-hydrogen) atoms. The molecular formula is C19H18Cl2N2O2S. The van der Waals surface area contributed by atoms with Gasteiger partial charge in [-0.05, 0) is 75.4 Å². The Bertz CT molecular complexity index is 947. The molecule has 0 bridgehead atoms. The number of amides is 2. The van der Waals surface area contributed by atoms with Gasteiger partial charge in [-0.3, -0.25) is 14.5 Å². The molecule has 0 saturated carbocycles. The van der Waals surface area contributed by atoms with Gasteiger partial charge in [0.15, 0.2) is 0 Å². The van der Waals surface area contributed by atoms with Crippen LogP contribution in [0.25, 0.3) is 11.8 Å². The van der Waals surface area contributed by atoms with E-state index in [0.29, 0.717) is 15.0 Å². The van der Waals surface area contributed by atoms with Gasteiger partial charge >= 0.3 is 0 Å². The Labute approximate surface area is 166 Å². The third-order valence-corrected chi connectivity index (χ3v) is 5.68. The van der Waals surface area contributed by atoms with Crippen LogP contribution in [-0.2, 0) is 4.79 Å². The molecule has 2 aromatic rings. The minimum absolute atomic E-state index is 0.161. The maximum Gasteiger partial charge on any atom is 0.293 e. The van der Waals surface area contributed by atoms with Crippen LogP contribution in [0.5, 0.6) is 0 Å². The molecule has 1 fully saturated rings. The van der Waals surface area contributed by atoms with Crippen molar-refractivity contribution in [2.75, 3.05) is 0 Å². The fourth-order valence-electron chi connectivity index (χ4n) is 3.03. The molecule has 1 aromatic heterocycles. The third-order valence-electron chi connectivity index (χ3n) is 4.25. The van der Waals surface area contributed by atoms with Crippen molar-refractivity contribution in [2.24, 2.45) is 0 Å². The van der Waals surface area contributed by atoms with Crippen molar-refractivity contribution in [1.29, 1.82) is 0 Å². The number of hydrogen-bond donors (Lipinski definition) is 0. The Kier molecular flexibility index (Phi) is 5.24. The number of benzene rings is 1. The summed E-state index contributed by atoms with van der Waals surface area (Å²) in [4.78, 5) is 26.3. The molecule has 2 amide bonds. The lowest BCUT2D eigenvalue weighted by Crippen LogP contribution is -2.34. The Hall–Kier alpha value is -1.69. The monoisotopic (exact) mass is 408 g/mol.